The van der Waals surface area contributed by atoms with Gasteiger partial charge in [-0.05, 0) is 53.8 Å². The lowest BCUT2D eigenvalue weighted by Gasteiger charge is -2.46. The van der Waals surface area contributed by atoms with E-state index in [2.05, 4.69) is 21.7 Å². The highest BCUT2D eigenvalue weighted by molar-refractivity contribution is 7.07. The van der Waals surface area contributed by atoms with Crippen molar-refractivity contribution in [2.45, 2.75) is 38.1 Å². The smallest absolute Gasteiger partial charge is 0.332 e. The number of para-hydroxylation sites is 1. The lowest BCUT2D eigenvalue weighted by atomic mass is 9.84. The van der Waals surface area contributed by atoms with Gasteiger partial charge in [0, 0.05) is 31.7 Å². The van der Waals surface area contributed by atoms with E-state index in [1.54, 1.807) is 16.2 Å². The van der Waals surface area contributed by atoms with Gasteiger partial charge in [0.25, 0.3) is 0 Å². The number of likely N-dealkylation sites (tertiary alicyclic amines) is 1. The molecule has 0 bridgehead atoms. The van der Waals surface area contributed by atoms with E-state index >= 15 is 0 Å². The Bertz CT molecular complexity index is 768. The van der Waals surface area contributed by atoms with E-state index in [1.165, 1.54) is 12.7 Å². The molecule has 0 unspecified atom stereocenters. The molecule has 0 radical (unpaired) electrons. The lowest BCUT2D eigenvalue weighted by molar-refractivity contribution is -0.151. The van der Waals surface area contributed by atoms with Gasteiger partial charge in [-0.2, -0.15) is 11.3 Å². The molecule has 0 aliphatic carbocycles. The van der Waals surface area contributed by atoms with Gasteiger partial charge in [0.15, 0.2) is 0 Å². The summed E-state index contributed by atoms with van der Waals surface area (Å²) in [4.78, 5) is 29.9. The highest BCUT2D eigenvalue weighted by atomic mass is 32.1. The largest absolute Gasteiger partial charge is 0.467 e. The zero-order valence-electron chi connectivity index (χ0n) is 16.6. The first-order valence-electron chi connectivity index (χ1n) is 9.80. The molecule has 0 saturated carbocycles. The van der Waals surface area contributed by atoms with Gasteiger partial charge in [-0.1, -0.05) is 25.1 Å². The predicted molar refractivity (Wildman–Crippen MR) is 113 cm³/mol. The third kappa shape index (κ3) is 4.28. The van der Waals surface area contributed by atoms with Crippen LogP contribution in [0, 0.1) is 0 Å². The van der Waals surface area contributed by atoms with Gasteiger partial charge < -0.3 is 9.64 Å². The van der Waals surface area contributed by atoms with E-state index < -0.39 is 5.54 Å². The summed E-state index contributed by atoms with van der Waals surface area (Å²) in [6.45, 7) is 4.32. The van der Waals surface area contributed by atoms with Crippen molar-refractivity contribution in [1.82, 2.24) is 4.90 Å². The molecule has 3 rings (SSSR count). The Morgan fingerprint density at radius 1 is 1.18 bits per heavy atom. The number of benzene rings is 1. The van der Waals surface area contributed by atoms with Crippen molar-refractivity contribution in [3.63, 3.8) is 0 Å². The Kier molecular flexibility index (Phi) is 6.86. The van der Waals surface area contributed by atoms with Crippen LogP contribution >= 0.6 is 11.3 Å². The first-order valence-corrected chi connectivity index (χ1v) is 10.7. The summed E-state index contributed by atoms with van der Waals surface area (Å²) in [5.41, 5.74) is 1.16. The highest BCUT2D eigenvalue weighted by Gasteiger charge is 2.49. The van der Waals surface area contributed by atoms with Gasteiger partial charge in [0.2, 0.25) is 5.91 Å². The number of hydrogen-bond donors (Lipinski definition) is 0. The number of rotatable bonds is 7. The summed E-state index contributed by atoms with van der Waals surface area (Å²) in [5.74, 6) is -0.376. The number of nitrogens with zero attached hydrogens (tertiary/aromatic N) is 2. The van der Waals surface area contributed by atoms with Crippen molar-refractivity contribution in [2.24, 2.45) is 0 Å². The average molecular weight is 401 g/mol. The fourth-order valence-electron chi connectivity index (χ4n) is 3.94. The van der Waals surface area contributed by atoms with Crippen LogP contribution in [0.4, 0.5) is 5.69 Å². The van der Waals surface area contributed by atoms with E-state index in [0.29, 0.717) is 19.3 Å². The Labute approximate surface area is 170 Å². The first kappa shape index (κ1) is 20.6. The molecule has 0 N–H and O–H groups in total. The standard InChI is InChI=1S/C22H28N2O3S/c1-3-20(25)24(19-7-5-4-6-8-19)22(21(26)27-2)11-14-23(15-12-22)13-9-18-10-16-28-17-18/h4-8,10,16-17H,3,9,11-15H2,1-2H3. The average Bonchev–Trinajstić information content (AvgIpc) is 3.27. The van der Waals surface area contributed by atoms with Gasteiger partial charge in [-0.15, -0.1) is 0 Å². The summed E-state index contributed by atoms with van der Waals surface area (Å²) >= 11 is 1.72. The summed E-state index contributed by atoms with van der Waals surface area (Å²) in [5, 5.41) is 4.28. The summed E-state index contributed by atoms with van der Waals surface area (Å²) < 4.78 is 5.19. The van der Waals surface area contributed by atoms with Crippen LogP contribution in [0.5, 0.6) is 0 Å². The molecule has 1 aromatic heterocycles. The van der Waals surface area contributed by atoms with Crippen molar-refractivity contribution in [3.8, 4) is 0 Å². The van der Waals surface area contributed by atoms with Crippen LogP contribution in [-0.4, -0.2) is 49.1 Å². The minimum atomic E-state index is -0.942. The van der Waals surface area contributed by atoms with Gasteiger partial charge in [0.1, 0.15) is 5.54 Å². The number of hydrogen-bond acceptors (Lipinski definition) is 5. The zero-order valence-corrected chi connectivity index (χ0v) is 17.4. The summed E-state index contributed by atoms with van der Waals surface area (Å²) in [7, 11) is 1.41. The van der Waals surface area contributed by atoms with Crippen molar-refractivity contribution in [2.75, 3.05) is 31.6 Å². The number of methoxy groups -OCH3 is 1. The van der Waals surface area contributed by atoms with Gasteiger partial charge in [0.05, 0.1) is 7.11 Å². The molecule has 2 heterocycles. The molecular formula is C22H28N2O3S. The third-order valence-electron chi connectivity index (χ3n) is 5.54. The number of esters is 1. The summed E-state index contributed by atoms with van der Waals surface area (Å²) in [6, 6.07) is 11.6. The van der Waals surface area contributed by atoms with Crippen molar-refractivity contribution >= 4 is 28.9 Å². The molecule has 5 nitrogen and oxygen atoms in total. The predicted octanol–water partition coefficient (Wildman–Crippen LogP) is 3.74. The van der Waals surface area contributed by atoms with Crippen LogP contribution in [0.3, 0.4) is 0 Å². The molecule has 1 fully saturated rings. The highest BCUT2D eigenvalue weighted by Crippen LogP contribution is 2.35. The van der Waals surface area contributed by atoms with Crippen molar-refractivity contribution in [1.29, 1.82) is 0 Å². The molecule has 1 saturated heterocycles. The molecule has 150 valence electrons. The molecule has 6 heteroatoms. The number of ether oxygens (including phenoxy) is 1. The van der Waals surface area contributed by atoms with E-state index in [9.17, 15) is 9.59 Å². The molecule has 0 spiro atoms. The van der Waals surface area contributed by atoms with Crippen LogP contribution in [0.25, 0.3) is 0 Å². The summed E-state index contributed by atoms with van der Waals surface area (Å²) in [6.07, 6.45) is 2.49. The molecule has 2 aromatic rings. The van der Waals surface area contributed by atoms with E-state index in [1.807, 2.05) is 37.3 Å². The SMILES string of the molecule is CCC(=O)N(c1ccccc1)C1(C(=O)OC)CCN(CCc2ccsc2)CC1. The molecule has 28 heavy (non-hydrogen) atoms. The lowest BCUT2D eigenvalue weighted by Crippen LogP contribution is -2.62. The number of carbonyl (C=O) groups excluding carboxylic acids is 2. The van der Waals surface area contributed by atoms with E-state index in [4.69, 9.17) is 4.74 Å². The second-order valence-corrected chi connectivity index (χ2v) is 7.94. The van der Waals surface area contributed by atoms with E-state index in [-0.39, 0.29) is 11.9 Å². The maximum atomic E-state index is 12.9. The number of amides is 1. The first-order chi connectivity index (χ1) is 13.6. The van der Waals surface area contributed by atoms with Crippen LogP contribution in [0.1, 0.15) is 31.7 Å². The fourth-order valence-corrected chi connectivity index (χ4v) is 4.65. The van der Waals surface area contributed by atoms with Crippen molar-refractivity contribution < 1.29 is 14.3 Å². The Balaban J connectivity index is 1.80. The number of anilines is 1. The fraction of sp³-hybridized carbons (Fsp3) is 0.455. The number of thiophene rings is 1. The van der Waals surface area contributed by atoms with Crippen molar-refractivity contribution in [3.05, 3.63) is 52.7 Å². The van der Waals surface area contributed by atoms with Gasteiger partial charge in [-0.25, -0.2) is 4.79 Å². The quantitative estimate of drug-likeness (QED) is 0.665. The second kappa shape index (κ2) is 9.34. The Hall–Kier alpha value is -2.18. The topological polar surface area (TPSA) is 49.9 Å². The Morgan fingerprint density at radius 2 is 1.89 bits per heavy atom. The molecule has 1 aromatic carbocycles. The van der Waals surface area contributed by atoms with Gasteiger partial charge in [-0.3, -0.25) is 9.69 Å². The number of carbonyl (C=O) groups is 2. The monoisotopic (exact) mass is 400 g/mol. The molecule has 1 aliphatic rings. The number of piperidine rings is 1. The minimum Gasteiger partial charge on any atom is -0.467 e. The van der Waals surface area contributed by atoms with Crippen LogP contribution in [0.15, 0.2) is 47.2 Å². The maximum absolute atomic E-state index is 12.9. The van der Waals surface area contributed by atoms with Gasteiger partial charge >= 0.3 is 5.97 Å². The minimum absolute atomic E-state index is 0.0525. The maximum Gasteiger partial charge on any atom is 0.332 e. The zero-order chi connectivity index (χ0) is 20.0. The normalized spacial score (nSPS) is 16.5. The Morgan fingerprint density at radius 3 is 2.46 bits per heavy atom. The molecule has 1 amide bonds. The van der Waals surface area contributed by atoms with Crippen LogP contribution in [0.2, 0.25) is 0 Å². The third-order valence-corrected chi connectivity index (χ3v) is 6.27. The van der Waals surface area contributed by atoms with Crippen LogP contribution in [-0.2, 0) is 20.7 Å². The molecule has 0 atom stereocenters. The van der Waals surface area contributed by atoms with Crippen LogP contribution < -0.4 is 4.90 Å². The molecular weight excluding hydrogens is 372 g/mol. The van der Waals surface area contributed by atoms with E-state index in [0.717, 1.165) is 31.7 Å². The molecule has 1 aliphatic heterocycles. The second-order valence-electron chi connectivity index (χ2n) is 7.16.